The Morgan fingerprint density at radius 1 is 1.11 bits per heavy atom. The molecule has 5 rings (SSSR count). The van der Waals surface area contributed by atoms with Crippen molar-refractivity contribution in [3.05, 3.63) is 30.1 Å². The van der Waals surface area contributed by atoms with Crippen LogP contribution in [0.25, 0.3) is 16.7 Å². The Bertz CT molecular complexity index is 1330. The summed E-state index contributed by atoms with van der Waals surface area (Å²) in [6.07, 6.45) is 6.13. The fourth-order valence-electron chi connectivity index (χ4n) is 5.14. The molecule has 2 fully saturated rings. The van der Waals surface area contributed by atoms with Crippen molar-refractivity contribution in [1.29, 1.82) is 0 Å². The van der Waals surface area contributed by atoms with E-state index in [2.05, 4.69) is 20.1 Å². The smallest absolute Gasteiger partial charge is 0.319 e. The fraction of sp³-hybridized carbons (Fsp3) is 0.478. The Labute approximate surface area is 201 Å². The van der Waals surface area contributed by atoms with Crippen LogP contribution in [-0.2, 0) is 4.79 Å². The molecule has 184 valence electrons. The summed E-state index contributed by atoms with van der Waals surface area (Å²) < 4.78 is 6.97. The number of aromatic amines is 1. The number of carbonyl (C=O) groups excluding carboxylic acids is 3. The standard InChI is InChI=1S/C23H28N8O4/c1-14-26-13-31(27-14)20-18-17(16(35-4)10-25-20)15(9-24-18)19(32)21(33)29-7-5-23(11-29)6-8-30(12-23)22(34)28(2)3/h9-10,13,24H,5-8,11-12H2,1-4H3. The van der Waals surface area contributed by atoms with Crippen molar-refractivity contribution in [3.8, 4) is 11.6 Å². The Morgan fingerprint density at radius 3 is 2.49 bits per heavy atom. The number of urea groups is 1. The second-order valence-electron chi connectivity index (χ2n) is 9.49. The van der Waals surface area contributed by atoms with Crippen molar-refractivity contribution in [3.63, 3.8) is 0 Å². The SMILES string of the molecule is COc1cnc(-n2cnc(C)n2)c2[nH]cc(C(=O)C(=O)N3CCC4(CCN(C(=O)N(C)C)C4)C3)c12. The van der Waals surface area contributed by atoms with Crippen molar-refractivity contribution in [2.45, 2.75) is 19.8 Å². The van der Waals surface area contributed by atoms with E-state index in [1.54, 1.807) is 30.8 Å². The summed E-state index contributed by atoms with van der Waals surface area (Å²) in [5.41, 5.74) is 0.581. The van der Waals surface area contributed by atoms with Crippen LogP contribution < -0.4 is 4.74 Å². The average molecular weight is 481 g/mol. The molecule has 1 N–H and O–H groups in total. The highest BCUT2D eigenvalue weighted by Crippen LogP contribution is 2.40. The first-order chi connectivity index (χ1) is 16.7. The van der Waals surface area contributed by atoms with Gasteiger partial charge in [0.1, 0.15) is 17.9 Å². The number of ether oxygens (including phenoxy) is 1. The summed E-state index contributed by atoms with van der Waals surface area (Å²) in [6.45, 7) is 3.96. The maximum absolute atomic E-state index is 13.4. The number of ketones is 1. The number of aromatic nitrogens is 5. The normalized spacial score (nSPS) is 19.7. The number of fused-ring (bicyclic) bond motifs is 1. The van der Waals surface area contributed by atoms with Crippen molar-refractivity contribution < 1.29 is 19.1 Å². The third-order valence-electron chi connectivity index (χ3n) is 6.95. The second kappa shape index (κ2) is 8.36. The minimum Gasteiger partial charge on any atom is -0.494 e. The van der Waals surface area contributed by atoms with Gasteiger partial charge in [-0.1, -0.05) is 0 Å². The number of H-pyrrole nitrogens is 1. The molecule has 0 aliphatic carbocycles. The molecule has 3 aromatic heterocycles. The summed E-state index contributed by atoms with van der Waals surface area (Å²) in [5, 5.41) is 4.77. The van der Waals surface area contributed by atoms with Crippen molar-refractivity contribution in [2.75, 3.05) is 47.4 Å². The van der Waals surface area contributed by atoms with Crippen LogP contribution in [0.15, 0.2) is 18.7 Å². The van der Waals surface area contributed by atoms with Gasteiger partial charge in [-0.15, -0.1) is 0 Å². The maximum atomic E-state index is 13.4. The van der Waals surface area contributed by atoms with Crippen molar-refractivity contribution in [2.24, 2.45) is 5.41 Å². The van der Waals surface area contributed by atoms with E-state index in [-0.39, 0.29) is 17.0 Å². The van der Waals surface area contributed by atoms with E-state index in [1.165, 1.54) is 30.5 Å². The lowest BCUT2D eigenvalue weighted by Gasteiger charge is -2.26. The molecule has 2 saturated heterocycles. The number of carbonyl (C=O) groups is 3. The number of nitrogens with zero attached hydrogens (tertiary/aromatic N) is 7. The largest absolute Gasteiger partial charge is 0.494 e. The summed E-state index contributed by atoms with van der Waals surface area (Å²) >= 11 is 0. The average Bonchev–Trinajstić information content (AvgIpc) is 3.64. The zero-order chi connectivity index (χ0) is 24.9. The molecule has 2 aliphatic rings. The number of methoxy groups -OCH3 is 1. The number of pyridine rings is 1. The van der Waals surface area contributed by atoms with Gasteiger partial charge in [-0.3, -0.25) is 9.59 Å². The van der Waals surface area contributed by atoms with Crippen LogP contribution in [-0.4, -0.2) is 105 Å². The number of hydrogen-bond donors (Lipinski definition) is 1. The first-order valence-corrected chi connectivity index (χ1v) is 11.5. The van der Waals surface area contributed by atoms with E-state index in [9.17, 15) is 14.4 Å². The minimum absolute atomic E-state index is 0.0272. The molecular formula is C23H28N8O4. The van der Waals surface area contributed by atoms with Crippen molar-refractivity contribution >= 4 is 28.6 Å². The molecule has 1 atom stereocenters. The molecule has 3 aromatic rings. The van der Waals surface area contributed by atoms with E-state index >= 15 is 0 Å². The Kier molecular flexibility index (Phi) is 5.45. The van der Waals surface area contributed by atoms with Gasteiger partial charge in [-0.2, -0.15) is 5.10 Å². The van der Waals surface area contributed by atoms with Gasteiger partial charge in [0.2, 0.25) is 0 Å². The number of hydrogen-bond acceptors (Lipinski definition) is 7. The number of Topliss-reactive ketones (excluding diaryl/α,β-unsaturated/α-hetero) is 1. The van der Waals surface area contributed by atoms with E-state index in [0.29, 0.717) is 54.5 Å². The summed E-state index contributed by atoms with van der Waals surface area (Å²) in [4.78, 5) is 55.7. The predicted molar refractivity (Wildman–Crippen MR) is 126 cm³/mol. The quantitative estimate of drug-likeness (QED) is 0.439. The van der Waals surface area contributed by atoms with Crippen LogP contribution in [0, 0.1) is 12.3 Å². The second-order valence-corrected chi connectivity index (χ2v) is 9.49. The van der Waals surface area contributed by atoms with Gasteiger partial charge in [0, 0.05) is 51.9 Å². The monoisotopic (exact) mass is 480 g/mol. The zero-order valence-electron chi connectivity index (χ0n) is 20.2. The molecule has 2 aliphatic heterocycles. The molecule has 1 spiro atoms. The third kappa shape index (κ3) is 3.78. The molecule has 0 radical (unpaired) electrons. The molecule has 12 heteroatoms. The Balaban J connectivity index is 1.40. The highest BCUT2D eigenvalue weighted by molar-refractivity contribution is 6.45. The number of likely N-dealkylation sites (tertiary alicyclic amines) is 2. The summed E-state index contributed by atoms with van der Waals surface area (Å²) in [6, 6.07) is -0.0272. The summed E-state index contributed by atoms with van der Waals surface area (Å²) in [5.74, 6) is 0.235. The molecule has 0 bridgehead atoms. The van der Waals surface area contributed by atoms with Crippen LogP contribution in [0.2, 0.25) is 0 Å². The van der Waals surface area contributed by atoms with E-state index in [4.69, 9.17) is 4.74 Å². The van der Waals surface area contributed by atoms with Gasteiger partial charge in [-0.25, -0.2) is 19.4 Å². The Hall–Kier alpha value is -3.96. The number of nitrogens with one attached hydrogen (secondary N) is 1. The number of rotatable bonds is 4. The van der Waals surface area contributed by atoms with Crippen LogP contribution in [0.4, 0.5) is 4.79 Å². The van der Waals surface area contributed by atoms with Gasteiger partial charge >= 0.3 is 6.03 Å². The van der Waals surface area contributed by atoms with Gasteiger partial charge < -0.3 is 24.4 Å². The van der Waals surface area contributed by atoms with Crippen LogP contribution in [0.5, 0.6) is 5.75 Å². The molecule has 35 heavy (non-hydrogen) atoms. The molecule has 5 heterocycles. The molecule has 0 aromatic carbocycles. The van der Waals surface area contributed by atoms with Crippen LogP contribution in [0.3, 0.4) is 0 Å². The molecule has 1 unspecified atom stereocenters. The summed E-state index contributed by atoms with van der Waals surface area (Å²) in [7, 11) is 4.96. The van der Waals surface area contributed by atoms with Gasteiger partial charge in [0.25, 0.3) is 11.7 Å². The van der Waals surface area contributed by atoms with Crippen molar-refractivity contribution in [1.82, 2.24) is 39.4 Å². The topological polar surface area (TPSA) is 130 Å². The lowest BCUT2D eigenvalue weighted by Crippen LogP contribution is -2.40. The van der Waals surface area contributed by atoms with E-state index in [0.717, 1.165) is 12.8 Å². The first kappa shape index (κ1) is 22.8. The lowest BCUT2D eigenvalue weighted by molar-refractivity contribution is -0.125. The van der Waals surface area contributed by atoms with E-state index in [1.807, 2.05) is 4.90 Å². The predicted octanol–water partition coefficient (Wildman–Crippen LogP) is 1.25. The molecular weight excluding hydrogens is 452 g/mol. The highest BCUT2D eigenvalue weighted by atomic mass is 16.5. The lowest BCUT2D eigenvalue weighted by atomic mass is 9.86. The third-order valence-corrected chi connectivity index (χ3v) is 6.95. The molecule has 3 amide bonds. The molecule has 12 nitrogen and oxygen atoms in total. The Morgan fingerprint density at radius 2 is 1.83 bits per heavy atom. The highest BCUT2D eigenvalue weighted by Gasteiger charge is 2.47. The zero-order valence-corrected chi connectivity index (χ0v) is 20.2. The number of amides is 3. The molecule has 0 saturated carbocycles. The van der Waals surface area contributed by atoms with E-state index < -0.39 is 11.7 Å². The minimum atomic E-state index is -0.613. The van der Waals surface area contributed by atoms with Gasteiger partial charge in [0.05, 0.1) is 29.8 Å². The first-order valence-electron chi connectivity index (χ1n) is 11.5. The maximum Gasteiger partial charge on any atom is 0.319 e. The number of aryl methyl sites for hydroxylation is 1. The van der Waals surface area contributed by atoms with Crippen LogP contribution >= 0.6 is 0 Å². The fourth-order valence-corrected chi connectivity index (χ4v) is 5.14. The van der Waals surface area contributed by atoms with Crippen LogP contribution in [0.1, 0.15) is 29.0 Å². The van der Waals surface area contributed by atoms with Gasteiger partial charge in [0.15, 0.2) is 5.82 Å². The van der Waals surface area contributed by atoms with Gasteiger partial charge in [-0.05, 0) is 19.8 Å².